The second-order valence-corrected chi connectivity index (χ2v) is 6.20. The van der Waals surface area contributed by atoms with Gasteiger partial charge in [0, 0.05) is 11.3 Å². The van der Waals surface area contributed by atoms with Crippen molar-refractivity contribution >= 4 is 28.8 Å². The molecule has 0 aliphatic carbocycles. The fraction of sp³-hybridized carbons (Fsp3) is 0.222. The van der Waals surface area contributed by atoms with E-state index < -0.39 is 6.23 Å². The highest BCUT2D eigenvalue weighted by Crippen LogP contribution is 2.43. The third-order valence-corrected chi connectivity index (χ3v) is 4.74. The largest absolute Gasteiger partial charge is 0.469 e. The zero-order valence-corrected chi connectivity index (χ0v) is 13.4. The predicted octanol–water partition coefficient (Wildman–Crippen LogP) is 3.05. The van der Waals surface area contributed by atoms with Gasteiger partial charge in [0.05, 0.1) is 12.0 Å². The maximum absolute atomic E-state index is 12.3. The lowest BCUT2D eigenvalue weighted by Crippen LogP contribution is -2.64. The molecule has 0 unspecified atom stereocenters. The van der Waals surface area contributed by atoms with Crippen molar-refractivity contribution in [3.8, 4) is 5.75 Å². The van der Waals surface area contributed by atoms with Crippen LogP contribution in [0.4, 0.5) is 5.69 Å². The third-order valence-electron chi connectivity index (χ3n) is 4.42. The van der Waals surface area contributed by atoms with Crippen LogP contribution in [0.25, 0.3) is 0 Å². The number of hydrogen-bond acceptors (Lipinski definition) is 3. The van der Waals surface area contributed by atoms with Gasteiger partial charge in [-0.1, -0.05) is 36.4 Å². The molecule has 0 spiro atoms. The molecule has 0 aromatic heterocycles. The van der Waals surface area contributed by atoms with E-state index >= 15 is 0 Å². The number of carbonyl (C=O) groups excluding carboxylic acids is 1. The van der Waals surface area contributed by atoms with Gasteiger partial charge >= 0.3 is 0 Å². The van der Waals surface area contributed by atoms with Crippen LogP contribution in [0.2, 0.25) is 0 Å². The van der Waals surface area contributed by atoms with Gasteiger partial charge in [0.15, 0.2) is 11.3 Å². The summed E-state index contributed by atoms with van der Waals surface area (Å²) in [6, 6.07) is 17.5. The van der Waals surface area contributed by atoms with Gasteiger partial charge in [-0.15, -0.1) is 0 Å². The number of carbonyl (C=O) groups is 1. The van der Waals surface area contributed by atoms with E-state index in [2.05, 4.69) is 5.32 Å². The summed E-state index contributed by atoms with van der Waals surface area (Å²) < 4.78 is 6.19. The van der Waals surface area contributed by atoms with E-state index in [1.54, 1.807) is 6.92 Å². The Labute approximate surface area is 140 Å². The summed E-state index contributed by atoms with van der Waals surface area (Å²) in [6.45, 7) is 1.61. The second kappa shape index (κ2) is 5.35. The Morgan fingerprint density at radius 1 is 1.13 bits per heavy atom. The fourth-order valence-electron chi connectivity index (χ4n) is 3.39. The number of ether oxygens (including phenoxy) is 1. The van der Waals surface area contributed by atoms with Gasteiger partial charge in [0.2, 0.25) is 0 Å². The number of nitrogens with one attached hydrogen (secondary N) is 1. The number of thiocarbonyl (C=S) groups is 1. The first-order valence-corrected chi connectivity index (χ1v) is 7.98. The van der Waals surface area contributed by atoms with Gasteiger partial charge < -0.3 is 10.1 Å². The van der Waals surface area contributed by atoms with E-state index in [4.69, 9.17) is 17.0 Å². The molecule has 23 heavy (non-hydrogen) atoms. The molecule has 1 N–H and O–H groups in total. The van der Waals surface area contributed by atoms with Gasteiger partial charge in [0.25, 0.3) is 0 Å². The minimum Gasteiger partial charge on any atom is -0.469 e. The van der Waals surface area contributed by atoms with Crippen molar-refractivity contribution in [1.82, 2.24) is 5.32 Å². The van der Waals surface area contributed by atoms with Gasteiger partial charge in [-0.3, -0.25) is 9.69 Å². The number of benzene rings is 2. The van der Waals surface area contributed by atoms with Crippen LogP contribution >= 0.6 is 12.2 Å². The number of fused-ring (bicyclic) bond motifs is 4. The lowest BCUT2D eigenvalue weighted by molar-refractivity contribution is -0.125. The van der Waals surface area contributed by atoms with Crippen molar-refractivity contribution in [3.63, 3.8) is 0 Å². The van der Waals surface area contributed by atoms with Crippen molar-refractivity contribution in [1.29, 1.82) is 0 Å². The quantitative estimate of drug-likeness (QED) is 0.860. The fourth-order valence-corrected chi connectivity index (χ4v) is 3.73. The first-order valence-electron chi connectivity index (χ1n) is 7.57. The molecule has 116 valence electrons. The summed E-state index contributed by atoms with van der Waals surface area (Å²) in [4.78, 5) is 14.2. The number of anilines is 1. The lowest BCUT2D eigenvalue weighted by Gasteiger charge is -2.49. The van der Waals surface area contributed by atoms with Crippen molar-refractivity contribution in [2.45, 2.75) is 19.2 Å². The van der Waals surface area contributed by atoms with Crippen LogP contribution < -0.4 is 15.0 Å². The standard InChI is InChI=1S/C18H16N2O2S/c1-11(21)15-16-13-9-5-6-10-14(13)22-17(15)20(18(23)19-16)12-7-3-2-4-8-12/h2-10,15-17H,1H3,(H,19,23)/t15-,16+,17+/m1/s1. The monoisotopic (exact) mass is 324 g/mol. The number of hydrogen-bond donors (Lipinski definition) is 1. The number of nitrogens with zero attached hydrogens (tertiary/aromatic N) is 1. The second-order valence-electron chi connectivity index (χ2n) is 5.82. The van der Waals surface area contributed by atoms with Crippen LogP contribution in [0.3, 0.4) is 0 Å². The van der Waals surface area contributed by atoms with Gasteiger partial charge in [-0.25, -0.2) is 0 Å². The minimum atomic E-state index is -0.427. The Balaban J connectivity index is 1.85. The first-order chi connectivity index (χ1) is 11.2. The average molecular weight is 324 g/mol. The molecule has 3 atom stereocenters. The molecule has 1 fully saturated rings. The normalized spacial score (nSPS) is 25.2. The average Bonchev–Trinajstić information content (AvgIpc) is 2.55. The molecule has 0 radical (unpaired) electrons. The minimum absolute atomic E-state index is 0.0884. The molecular formula is C18H16N2O2S. The summed E-state index contributed by atoms with van der Waals surface area (Å²) in [5.41, 5.74) is 1.90. The van der Waals surface area contributed by atoms with Crippen LogP contribution in [0.5, 0.6) is 5.75 Å². The Hall–Kier alpha value is -2.40. The van der Waals surface area contributed by atoms with Crippen LogP contribution in [0, 0.1) is 5.92 Å². The molecule has 2 bridgehead atoms. The molecule has 5 heteroatoms. The number of ketones is 1. The van der Waals surface area contributed by atoms with Crippen LogP contribution in [0.1, 0.15) is 18.5 Å². The summed E-state index contributed by atoms with van der Waals surface area (Å²) in [5, 5.41) is 3.92. The highest BCUT2D eigenvalue weighted by Gasteiger charge is 2.49. The highest BCUT2D eigenvalue weighted by molar-refractivity contribution is 7.80. The third kappa shape index (κ3) is 2.19. The van der Waals surface area contributed by atoms with E-state index in [-0.39, 0.29) is 17.7 Å². The molecule has 0 saturated carbocycles. The number of rotatable bonds is 2. The van der Waals surface area contributed by atoms with Gasteiger partial charge in [-0.2, -0.15) is 0 Å². The van der Waals surface area contributed by atoms with E-state index in [0.717, 1.165) is 17.0 Å². The molecule has 2 aliphatic rings. The molecular weight excluding hydrogens is 308 g/mol. The van der Waals surface area contributed by atoms with E-state index in [0.29, 0.717) is 5.11 Å². The molecule has 2 aromatic rings. The zero-order valence-electron chi connectivity index (χ0n) is 12.6. The van der Waals surface area contributed by atoms with E-state index in [1.807, 2.05) is 59.5 Å². The van der Waals surface area contributed by atoms with Gasteiger partial charge in [-0.05, 0) is 37.3 Å². The maximum atomic E-state index is 12.3. The molecule has 2 aliphatic heterocycles. The van der Waals surface area contributed by atoms with Crippen LogP contribution in [-0.4, -0.2) is 17.1 Å². The highest BCUT2D eigenvalue weighted by atomic mass is 32.1. The number of para-hydroxylation sites is 2. The SMILES string of the molecule is CC(=O)[C@@H]1[C@H]2NC(=S)N(c3ccccc3)[C@H]1Oc1ccccc12. The smallest absolute Gasteiger partial charge is 0.190 e. The topological polar surface area (TPSA) is 41.6 Å². The molecule has 1 saturated heterocycles. The van der Waals surface area contributed by atoms with Crippen molar-refractivity contribution < 1.29 is 9.53 Å². The van der Waals surface area contributed by atoms with Crippen molar-refractivity contribution in [3.05, 3.63) is 60.2 Å². The molecule has 4 nitrogen and oxygen atoms in total. The van der Waals surface area contributed by atoms with Crippen LogP contribution in [0.15, 0.2) is 54.6 Å². The summed E-state index contributed by atoms with van der Waals surface area (Å²) >= 11 is 5.56. The van der Waals surface area contributed by atoms with E-state index in [9.17, 15) is 4.79 Å². The zero-order chi connectivity index (χ0) is 16.0. The van der Waals surface area contributed by atoms with Crippen LogP contribution in [-0.2, 0) is 4.79 Å². The molecule has 2 heterocycles. The van der Waals surface area contributed by atoms with Crippen molar-refractivity contribution in [2.75, 3.05) is 4.90 Å². The van der Waals surface area contributed by atoms with Gasteiger partial charge in [0.1, 0.15) is 11.5 Å². The first kappa shape index (κ1) is 14.2. The Bertz CT molecular complexity index is 778. The lowest BCUT2D eigenvalue weighted by atomic mass is 9.83. The summed E-state index contributed by atoms with van der Waals surface area (Å²) in [5.74, 6) is 0.582. The summed E-state index contributed by atoms with van der Waals surface area (Å²) in [7, 11) is 0. The van der Waals surface area contributed by atoms with E-state index in [1.165, 1.54) is 0 Å². The molecule has 4 rings (SSSR count). The van der Waals surface area contributed by atoms with Crippen molar-refractivity contribution in [2.24, 2.45) is 5.92 Å². The number of Topliss-reactive ketones (excluding diaryl/α,β-unsaturated/α-hetero) is 1. The molecule has 0 amide bonds. The Morgan fingerprint density at radius 2 is 1.83 bits per heavy atom. The predicted molar refractivity (Wildman–Crippen MR) is 92.4 cm³/mol. The molecule has 2 aromatic carbocycles. The maximum Gasteiger partial charge on any atom is 0.190 e. The summed E-state index contributed by atoms with van der Waals surface area (Å²) in [6.07, 6.45) is -0.427. The Kier molecular flexibility index (Phi) is 3.31. The Morgan fingerprint density at radius 3 is 2.57 bits per heavy atom.